The summed E-state index contributed by atoms with van der Waals surface area (Å²) in [5.41, 5.74) is 23.1. The van der Waals surface area contributed by atoms with Gasteiger partial charge in [0.1, 0.15) is 23.9 Å². The van der Waals surface area contributed by atoms with E-state index < -0.39 is 53.8 Å². The van der Waals surface area contributed by atoms with Gasteiger partial charge in [0.05, 0.1) is 12.4 Å². The number of nitrogens with one attached hydrogen (secondary N) is 4. The second kappa shape index (κ2) is 16.9. The molecule has 4 atom stereocenters. The molecule has 0 aliphatic carbocycles. The number of carbonyl (C=O) groups is 5. The number of hydrogen-bond donors (Lipinski definition) is 10. The van der Waals surface area contributed by atoms with E-state index >= 15 is 0 Å². The first-order chi connectivity index (χ1) is 20.3. The molecule has 4 amide bonds. The van der Waals surface area contributed by atoms with E-state index in [0.717, 1.165) is 0 Å². The van der Waals surface area contributed by atoms with Crippen molar-refractivity contribution >= 4 is 35.6 Å². The van der Waals surface area contributed by atoms with Gasteiger partial charge in [-0.25, -0.2) is 9.78 Å². The number of phenolic OH excluding ortho intramolecular Hbond substituents is 1. The summed E-state index contributed by atoms with van der Waals surface area (Å²) in [5, 5.41) is 26.4. The van der Waals surface area contributed by atoms with Gasteiger partial charge >= 0.3 is 5.97 Å². The third kappa shape index (κ3) is 12.5. The van der Waals surface area contributed by atoms with Gasteiger partial charge in [0, 0.05) is 31.3 Å². The minimum absolute atomic E-state index is 0.00159. The molecule has 0 aliphatic heterocycles. The Morgan fingerprint density at radius 3 is 2.09 bits per heavy atom. The lowest BCUT2D eigenvalue weighted by molar-refractivity contribution is -0.142. The average molecular weight is 603 g/mol. The third-order valence-electron chi connectivity index (χ3n) is 6.21. The lowest BCUT2D eigenvalue weighted by Gasteiger charge is -2.25. The number of aromatic nitrogens is 2. The predicted octanol–water partition coefficient (Wildman–Crippen LogP) is -2.91. The summed E-state index contributed by atoms with van der Waals surface area (Å²) in [4.78, 5) is 73.0. The van der Waals surface area contributed by atoms with Crippen molar-refractivity contribution in [2.75, 3.05) is 6.54 Å². The second-order valence-electron chi connectivity index (χ2n) is 9.73. The molecule has 17 heteroatoms. The predicted molar refractivity (Wildman–Crippen MR) is 154 cm³/mol. The number of primary amides is 1. The lowest BCUT2D eigenvalue weighted by Crippen LogP contribution is -2.57. The highest BCUT2D eigenvalue weighted by molar-refractivity contribution is 5.94. The topological polar surface area (TPSA) is 307 Å². The number of carboxylic acid groups (broad SMARTS) is 1. The van der Waals surface area contributed by atoms with Crippen LogP contribution in [0.25, 0.3) is 0 Å². The molecule has 0 radical (unpaired) electrons. The molecule has 1 heterocycles. The number of guanidine groups is 1. The van der Waals surface area contributed by atoms with Crippen LogP contribution in [0.1, 0.15) is 36.9 Å². The van der Waals surface area contributed by atoms with Crippen LogP contribution in [0.15, 0.2) is 41.8 Å². The number of nitrogens with zero attached hydrogens (tertiary/aromatic N) is 2. The van der Waals surface area contributed by atoms with Crippen LogP contribution < -0.4 is 38.9 Å². The molecule has 2 rings (SSSR count). The van der Waals surface area contributed by atoms with E-state index in [0.29, 0.717) is 11.3 Å². The SMILES string of the molecule is NC(=O)CCC(NC(=O)C(CCCN=C(N)N)NC(=O)C(Cc1cnc[nH]1)NC(=O)C(N)Cc1ccc(O)cc1)C(=O)O. The molecule has 234 valence electrons. The number of H-pyrrole nitrogens is 1. The number of carboxylic acids is 1. The largest absolute Gasteiger partial charge is 0.508 e. The first kappa shape index (κ1) is 34.0. The van der Waals surface area contributed by atoms with E-state index in [1.807, 2.05) is 0 Å². The van der Waals surface area contributed by atoms with E-state index in [9.17, 15) is 34.2 Å². The summed E-state index contributed by atoms with van der Waals surface area (Å²) in [5.74, 6) is -4.52. The van der Waals surface area contributed by atoms with Crippen molar-refractivity contribution in [3.63, 3.8) is 0 Å². The van der Waals surface area contributed by atoms with Gasteiger partial charge in [-0.2, -0.15) is 0 Å². The number of aliphatic imine (C=N–C) groups is 1. The van der Waals surface area contributed by atoms with Crippen molar-refractivity contribution in [1.29, 1.82) is 0 Å². The number of nitrogens with two attached hydrogens (primary N) is 4. The van der Waals surface area contributed by atoms with E-state index in [2.05, 4.69) is 30.9 Å². The van der Waals surface area contributed by atoms with Crippen molar-refractivity contribution in [2.45, 2.75) is 62.7 Å². The Morgan fingerprint density at radius 1 is 0.884 bits per heavy atom. The smallest absolute Gasteiger partial charge is 0.326 e. The number of phenols is 1. The molecule has 14 N–H and O–H groups in total. The maximum Gasteiger partial charge on any atom is 0.326 e. The van der Waals surface area contributed by atoms with Crippen molar-refractivity contribution in [3.05, 3.63) is 48.0 Å². The highest BCUT2D eigenvalue weighted by atomic mass is 16.4. The molecule has 1 aromatic carbocycles. The van der Waals surface area contributed by atoms with Gasteiger partial charge in [-0.15, -0.1) is 0 Å². The molecule has 2 aromatic rings. The monoisotopic (exact) mass is 602 g/mol. The van der Waals surface area contributed by atoms with Crippen LogP contribution in [0.2, 0.25) is 0 Å². The van der Waals surface area contributed by atoms with E-state index in [1.165, 1.54) is 24.7 Å². The van der Waals surface area contributed by atoms with Gasteiger partial charge in [0.2, 0.25) is 23.6 Å². The minimum atomic E-state index is -1.45. The lowest BCUT2D eigenvalue weighted by atomic mass is 10.0. The molecule has 0 aliphatic rings. The van der Waals surface area contributed by atoms with Crippen molar-refractivity contribution in [3.8, 4) is 5.75 Å². The minimum Gasteiger partial charge on any atom is -0.508 e. The maximum atomic E-state index is 13.5. The molecule has 1 aromatic heterocycles. The Kier molecular flexibility index (Phi) is 13.4. The number of aromatic amines is 1. The number of benzene rings is 1. The molecule has 0 saturated heterocycles. The number of hydrogen-bond acceptors (Lipinski definition) is 9. The fourth-order valence-corrected chi connectivity index (χ4v) is 3.94. The Hall–Kier alpha value is -5.19. The van der Waals surface area contributed by atoms with Crippen LogP contribution in [0.4, 0.5) is 0 Å². The van der Waals surface area contributed by atoms with Crippen LogP contribution in [0.3, 0.4) is 0 Å². The molecule has 17 nitrogen and oxygen atoms in total. The molecule has 0 saturated carbocycles. The van der Waals surface area contributed by atoms with Crippen LogP contribution in [0, 0.1) is 0 Å². The molecule has 0 spiro atoms. The summed E-state index contributed by atoms with van der Waals surface area (Å²) in [6.07, 6.45) is 2.60. The number of imidazole rings is 1. The number of carbonyl (C=O) groups excluding carboxylic acids is 4. The maximum absolute atomic E-state index is 13.5. The molecule has 43 heavy (non-hydrogen) atoms. The molecule has 0 fully saturated rings. The summed E-state index contributed by atoms with van der Waals surface area (Å²) >= 11 is 0. The Labute approximate surface area is 246 Å². The zero-order valence-corrected chi connectivity index (χ0v) is 23.4. The first-order valence-corrected chi connectivity index (χ1v) is 13.3. The van der Waals surface area contributed by atoms with Crippen molar-refractivity contribution < 1.29 is 34.2 Å². The standard InChI is InChI=1S/C26H38N10O7/c27-17(10-14-3-5-16(37)6-4-14)22(39)36-20(11-15-12-31-13-33-15)24(41)34-18(2-1-9-32-26(29)30)23(40)35-19(25(42)43)7-8-21(28)38/h3-6,12-13,17-20,37H,1-2,7-11,27H2,(H2,28,38)(H,31,33)(H,34,41)(H,35,40)(H,36,39)(H,42,43)(H4,29,30,32). The van der Waals surface area contributed by atoms with Gasteiger partial charge in [-0.3, -0.25) is 24.2 Å². The highest BCUT2D eigenvalue weighted by Gasteiger charge is 2.30. The van der Waals surface area contributed by atoms with E-state index in [1.54, 1.807) is 12.1 Å². The number of aromatic hydroxyl groups is 1. The van der Waals surface area contributed by atoms with Gasteiger partial charge in [0.25, 0.3) is 0 Å². The first-order valence-electron chi connectivity index (χ1n) is 13.3. The van der Waals surface area contributed by atoms with Crippen LogP contribution in [-0.4, -0.2) is 86.5 Å². The summed E-state index contributed by atoms with van der Waals surface area (Å²) in [7, 11) is 0. The summed E-state index contributed by atoms with van der Waals surface area (Å²) < 4.78 is 0. The van der Waals surface area contributed by atoms with E-state index in [-0.39, 0.29) is 56.8 Å². The van der Waals surface area contributed by atoms with Crippen LogP contribution in [-0.2, 0) is 36.8 Å². The fraction of sp³-hybridized carbons (Fsp3) is 0.423. The quantitative estimate of drug-likeness (QED) is 0.0468. The normalized spacial score (nSPS) is 13.5. The summed E-state index contributed by atoms with van der Waals surface area (Å²) in [6.45, 7) is 0.118. The fourth-order valence-electron chi connectivity index (χ4n) is 3.94. The Bertz CT molecular complexity index is 1260. The Morgan fingerprint density at radius 2 is 1.51 bits per heavy atom. The van der Waals surface area contributed by atoms with Crippen LogP contribution >= 0.6 is 0 Å². The number of aliphatic carboxylic acids is 1. The Balaban J connectivity index is 2.21. The van der Waals surface area contributed by atoms with Crippen molar-refractivity contribution in [2.24, 2.45) is 27.9 Å². The van der Waals surface area contributed by atoms with Gasteiger partial charge in [-0.1, -0.05) is 12.1 Å². The summed E-state index contributed by atoms with van der Waals surface area (Å²) in [6, 6.07) is 1.15. The van der Waals surface area contributed by atoms with Gasteiger partial charge < -0.3 is 54.1 Å². The van der Waals surface area contributed by atoms with Crippen molar-refractivity contribution in [1.82, 2.24) is 25.9 Å². The molecule has 4 unspecified atom stereocenters. The van der Waals surface area contributed by atoms with Crippen LogP contribution in [0.5, 0.6) is 5.75 Å². The number of rotatable bonds is 18. The van der Waals surface area contributed by atoms with Gasteiger partial charge in [0.15, 0.2) is 5.96 Å². The molecular formula is C26H38N10O7. The highest BCUT2D eigenvalue weighted by Crippen LogP contribution is 2.11. The zero-order valence-electron chi connectivity index (χ0n) is 23.4. The number of amides is 4. The molecule has 0 bridgehead atoms. The average Bonchev–Trinajstić information content (AvgIpc) is 3.46. The zero-order chi connectivity index (χ0) is 31.9. The molecular weight excluding hydrogens is 564 g/mol. The second-order valence-corrected chi connectivity index (χ2v) is 9.73. The van der Waals surface area contributed by atoms with E-state index in [4.69, 9.17) is 22.9 Å². The third-order valence-corrected chi connectivity index (χ3v) is 6.21. The van der Waals surface area contributed by atoms with Gasteiger partial charge in [-0.05, 0) is 43.4 Å².